The Balaban J connectivity index is 0.000000271. The Morgan fingerprint density at radius 2 is 1.76 bits per heavy atom. The molecule has 0 unspecified atom stereocenters. The molecule has 0 radical (unpaired) electrons. The van der Waals surface area contributed by atoms with E-state index in [9.17, 15) is 13.2 Å². The van der Waals surface area contributed by atoms with Gasteiger partial charge in [-0.25, -0.2) is 0 Å². The molecule has 0 saturated heterocycles. The molecule has 42 heavy (non-hydrogen) atoms. The van der Waals surface area contributed by atoms with E-state index in [1.54, 1.807) is 18.2 Å². The predicted molar refractivity (Wildman–Crippen MR) is 164 cm³/mol. The van der Waals surface area contributed by atoms with E-state index in [1.807, 2.05) is 54.8 Å². The molecule has 1 amide bonds. The van der Waals surface area contributed by atoms with Crippen molar-refractivity contribution in [2.24, 2.45) is 5.73 Å². The number of carbonyl (C=O) groups excluding carboxylic acids is 1. The van der Waals surface area contributed by atoms with E-state index < -0.39 is 16.0 Å². The zero-order chi connectivity index (χ0) is 29.9. The summed E-state index contributed by atoms with van der Waals surface area (Å²) in [6.45, 7) is 5.39. The van der Waals surface area contributed by atoms with Crippen LogP contribution in [0.2, 0.25) is 0 Å². The smallest absolute Gasteiger partial charge is 0.294 e. The second-order valence-corrected chi connectivity index (χ2v) is 11.5. The van der Waals surface area contributed by atoms with E-state index in [2.05, 4.69) is 22.8 Å². The van der Waals surface area contributed by atoms with Gasteiger partial charge in [0.15, 0.2) is 0 Å². The predicted octanol–water partition coefficient (Wildman–Crippen LogP) is 5.04. The number of primary amides is 1. The molecular formula is C31H32N6O4S. The molecule has 3 heterocycles. The van der Waals surface area contributed by atoms with Crippen LogP contribution in [0.5, 0.6) is 0 Å². The summed E-state index contributed by atoms with van der Waals surface area (Å²) in [6, 6.07) is 23.8. The van der Waals surface area contributed by atoms with Crippen LogP contribution in [-0.4, -0.2) is 40.0 Å². The van der Waals surface area contributed by atoms with E-state index >= 15 is 0 Å². The number of fused-ring (bicyclic) bond motifs is 2. The molecular weight excluding hydrogens is 552 g/mol. The van der Waals surface area contributed by atoms with Crippen molar-refractivity contribution >= 4 is 38.6 Å². The van der Waals surface area contributed by atoms with Gasteiger partial charge in [-0.3, -0.25) is 13.9 Å². The van der Waals surface area contributed by atoms with Gasteiger partial charge in [-0.05, 0) is 62.6 Å². The summed E-state index contributed by atoms with van der Waals surface area (Å²) >= 11 is 0. The molecule has 10 nitrogen and oxygen atoms in total. The van der Waals surface area contributed by atoms with Crippen LogP contribution in [-0.2, 0) is 23.1 Å². The standard InChI is InChI=1S/C24H24N6O.C7H8O3S/c1-15-13-19-17(21(25)31)9-5-11-20(19)30(15)24-28-22-18(10-6-12-26-22)23(29-24)27-14-16-7-3-2-4-8-16;1-6-2-4-7(5-3-6)11(8,9)10/h2-5,7-9,11,13H,6,10,12,14H2,1H3,(H2,25,31)(H2,26,27,28,29);2-5H,1H3,(H,8,9,10). The number of amides is 1. The monoisotopic (exact) mass is 584 g/mol. The maximum Gasteiger partial charge on any atom is 0.294 e. The van der Waals surface area contributed by atoms with Crippen molar-refractivity contribution in [1.29, 1.82) is 0 Å². The minimum Gasteiger partial charge on any atom is -0.370 e. The SMILES string of the molecule is Cc1cc2c(C(N)=O)cccc2n1-c1nc2c(c(NCc3ccccc3)n1)CCCN2.Cc1ccc(S(=O)(=O)O)cc1. The van der Waals surface area contributed by atoms with Gasteiger partial charge in [0.25, 0.3) is 10.1 Å². The first-order chi connectivity index (χ1) is 20.1. The van der Waals surface area contributed by atoms with Gasteiger partial charge in [-0.1, -0.05) is 54.1 Å². The second kappa shape index (κ2) is 12.0. The molecule has 1 aliphatic heterocycles. The molecule has 2 aromatic heterocycles. The third kappa shape index (κ3) is 6.27. The van der Waals surface area contributed by atoms with Gasteiger partial charge >= 0.3 is 0 Å². The number of nitrogens with zero attached hydrogens (tertiary/aromatic N) is 3. The lowest BCUT2D eigenvalue weighted by molar-refractivity contribution is 0.100. The number of aromatic nitrogens is 3. The van der Waals surface area contributed by atoms with E-state index in [4.69, 9.17) is 20.3 Å². The maximum absolute atomic E-state index is 11.9. The number of hydrogen-bond acceptors (Lipinski definition) is 7. The molecule has 11 heteroatoms. The first kappa shape index (κ1) is 28.8. The molecule has 0 spiro atoms. The highest BCUT2D eigenvalue weighted by atomic mass is 32.2. The number of benzene rings is 3. The number of anilines is 2. The van der Waals surface area contributed by atoms with Gasteiger partial charge in [0.05, 0.1) is 10.4 Å². The Kier molecular flexibility index (Phi) is 8.23. The first-order valence-corrected chi connectivity index (χ1v) is 14.9. The van der Waals surface area contributed by atoms with Crippen molar-refractivity contribution in [3.8, 4) is 5.95 Å². The van der Waals surface area contributed by atoms with Crippen LogP contribution in [0.1, 0.15) is 39.2 Å². The second-order valence-electron chi connectivity index (χ2n) is 10.1. The quantitative estimate of drug-likeness (QED) is 0.203. The molecule has 5 N–H and O–H groups in total. The number of nitrogens with one attached hydrogen (secondary N) is 2. The summed E-state index contributed by atoms with van der Waals surface area (Å²) in [5.41, 5.74) is 11.1. The summed E-state index contributed by atoms with van der Waals surface area (Å²) in [5.74, 6) is 1.82. The number of hydrogen-bond donors (Lipinski definition) is 4. The summed E-state index contributed by atoms with van der Waals surface area (Å²) in [5, 5.41) is 7.74. The molecule has 0 bridgehead atoms. The molecule has 0 fully saturated rings. The number of aryl methyl sites for hydroxylation is 2. The molecule has 1 aliphatic rings. The van der Waals surface area contributed by atoms with Crippen LogP contribution in [0.25, 0.3) is 16.9 Å². The lowest BCUT2D eigenvalue weighted by Crippen LogP contribution is -2.19. The fraction of sp³-hybridized carbons (Fsp3) is 0.194. The summed E-state index contributed by atoms with van der Waals surface area (Å²) < 4.78 is 31.5. The molecule has 6 rings (SSSR count). The van der Waals surface area contributed by atoms with Crippen molar-refractivity contribution in [1.82, 2.24) is 14.5 Å². The van der Waals surface area contributed by atoms with Crippen molar-refractivity contribution < 1.29 is 17.8 Å². The van der Waals surface area contributed by atoms with E-state index in [0.29, 0.717) is 18.1 Å². The minimum atomic E-state index is -4.02. The van der Waals surface area contributed by atoms with E-state index in [1.165, 1.54) is 17.7 Å². The summed E-state index contributed by atoms with van der Waals surface area (Å²) in [6.07, 6.45) is 1.97. The van der Waals surface area contributed by atoms with Gasteiger partial charge in [-0.2, -0.15) is 18.4 Å². The fourth-order valence-corrected chi connectivity index (χ4v) is 5.39. The van der Waals surface area contributed by atoms with Crippen LogP contribution in [0.15, 0.2) is 83.8 Å². The van der Waals surface area contributed by atoms with Gasteiger partial charge < -0.3 is 16.4 Å². The van der Waals surface area contributed by atoms with Crippen LogP contribution in [0.4, 0.5) is 11.6 Å². The average molecular weight is 585 g/mol. The van der Waals surface area contributed by atoms with Gasteiger partial charge in [0, 0.05) is 35.3 Å². The van der Waals surface area contributed by atoms with Crippen molar-refractivity contribution in [3.05, 3.63) is 107 Å². The Morgan fingerprint density at radius 3 is 2.45 bits per heavy atom. The molecule has 5 aromatic rings. The third-order valence-corrected chi connectivity index (χ3v) is 7.88. The highest BCUT2D eigenvalue weighted by molar-refractivity contribution is 7.85. The molecule has 0 saturated carbocycles. The first-order valence-electron chi connectivity index (χ1n) is 13.5. The Labute approximate surface area is 244 Å². The summed E-state index contributed by atoms with van der Waals surface area (Å²) in [7, 11) is -4.02. The van der Waals surface area contributed by atoms with Crippen molar-refractivity contribution in [3.63, 3.8) is 0 Å². The molecule has 0 aliphatic carbocycles. The third-order valence-electron chi connectivity index (χ3n) is 7.01. The zero-order valence-electron chi connectivity index (χ0n) is 23.3. The average Bonchev–Trinajstić information content (AvgIpc) is 3.32. The maximum atomic E-state index is 11.9. The van der Waals surface area contributed by atoms with Crippen LogP contribution in [0.3, 0.4) is 0 Å². The minimum absolute atomic E-state index is 0.0666. The van der Waals surface area contributed by atoms with E-state index in [-0.39, 0.29) is 4.90 Å². The van der Waals surface area contributed by atoms with Gasteiger partial charge in [0.1, 0.15) is 11.6 Å². The number of nitrogens with two attached hydrogens (primary N) is 1. The topological polar surface area (TPSA) is 152 Å². The van der Waals surface area contributed by atoms with Crippen molar-refractivity contribution in [2.75, 3.05) is 17.2 Å². The normalized spacial score (nSPS) is 12.5. The van der Waals surface area contributed by atoms with Crippen LogP contribution < -0.4 is 16.4 Å². The molecule has 3 aromatic carbocycles. The lowest BCUT2D eigenvalue weighted by Gasteiger charge is -2.22. The highest BCUT2D eigenvalue weighted by Gasteiger charge is 2.21. The highest BCUT2D eigenvalue weighted by Crippen LogP contribution is 2.31. The van der Waals surface area contributed by atoms with E-state index in [0.717, 1.165) is 58.7 Å². The largest absolute Gasteiger partial charge is 0.370 e. The molecule has 0 atom stereocenters. The fourth-order valence-electron chi connectivity index (χ4n) is 4.91. The number of rotatable bonds is 6. The summed E-state index contributed by atoms with van der Waals surface area (Å²) in [4.78, 5) is 21.6. The Hall–Kier alpha value is -4.74. The van der Waals surface area contributed by atoms with Gasteiger partial charge in [-0.15, -0.1) is 0 Å². The van der Waals surface area contributed by atoms with Crippen LogP contribution in [0, 0.1) is 13.8 Å². The van der Waals surface area contributed by atoms with Crippen LogP contribution >= 0.6 is 0 Å². The Morgan fingerprint density at radius 1 is 1.02 bits per heavy atom. The zero-order valence-corrected chi connectivity index (χ0v) is 24.1. The lowest BCUT2D eigenvalue weighted by atomic mass is 10.1. The Bertz CT molecular complexity index is 1850. The molecule has 216 valence electrons. The number of carbonyl (C=O) groups is 1. The van der Waals surface area contributed by atoms with Crippen molar-refractivity contribution in [2.45, 2.75) is 38.1 Å². The van der Waals surface area contributed by atoms with Gasteiger partial charge in [0.2, 0.25) is 11.9 Å².